The number of aliphatic carboxylic acids is 1. The predicted octanol–water partition coefficient (Wildman–Crippen LogP) is 4.06. The van der Waals surface area contributed by atoms with E-state index in [0.29, 0.717) is 32.1 Å². The molecule has 3 aliphatic rings. The van der Waals surface area contributed by atoms with Gasteiger partial charge in [-0.1, -0.05) is 55.0 Å². The number of carbonyl (C=O) groups excluding carboxylic acids is 2. The Kier molecular flexibility index (Phi) is 6.02. The van der Waals surface area contributed by atoms with Gasteiger partial charge in [-0.15, -0.1) is 0 Å². The van der Waals surface area contributed by atoms with Gasteiger partial charge in [-0.25, -0.2) is 4.79 Å². The zero-order chi connectivity index (χ0) is 23.7. The van der Waals surface area contributed by atoms with Crippen molar-refractivity contribution < 1.29 is 24.2 Å². The van der Waals surface area contributed by atoms with Gasteiger partial charge in [0.2, 0.25) is 5.91 Å². The Balaban J connectivity index is 1.11. The van der Waals surface area contributed by atoms with Crippen molar-refractivity contribution in [1.82, 2.24) is 10.6 Å². The summed E-state index contributed by atoms with van der Waals surface area (Å²) in [6, 6.07) is 16.3. The standard InChI is InChI=1S/C27H30N2O5/c30-24(28-16-27(25(31)32)12-5-13-27)17-10-11-18(14-17)29-26(33)34-15-23-21-8-3-1-6-19(21)20-7-2-4-9-22(20)23/h1-4,6-9,17-18,23H,5,10-16H2,(H,28,30)(H,29,33)(H,31,32)/t17-,18+/m1/s1. The van der Waals surface area contributed by atoms with Crippen LogP contribution in [0.5, 0.6) is 0 Å². The van der Waals surface area contributed by atoms with E-state index in [2.05, 4.69) is 34.9 Å². The van der Waals surface area contributed by atoms with Crippen LogP contribution in [0.1, 0.15) is 55.6 Å². The first-order valence-electron chi connectivity index (χ1n) is 12.1. The third-order valence-corrected chi connectivity index (χ3v) is 7.83. The SMILES string of the molecule is O=C(N[C@H]1CC[C@@H](C(=O)NCC2(C(=O)O)CCC2)C1)OCC1c2ccccc2-c2ccccc21. The third kappa shape index (κ3) is 4.15. The molecule has 0 heterocycles. The van der Waals surface area contributed by atoms with Gasteiger partial charge >= 0.3 is 12.1 Å². The predicted molar refractivity (Wildman–Crippen MR) is 126 cm³/mol. The number of alkyl carbamates (subject to hydrolysis) is 1. The number of hydrogen-bond donors (Lipinski definition) is 3. The molecule has 2 amide bonds. The summed E-state index contributed by atoms with van der Waals surface area (Å²) in [5.41, 5.74) is 3.90. The van der Waals surface area contributed by atoms with E-state index in [0.717, 1.165) is 6.42 Å². The number of carboxylic acids is 1. The van der Waals surface area contributed by atoms with E-state index in [1.165, 1.54) is 22.3 Å². The molecule has 0 aromatic heterocycles. The molecule has 0 spiro atoms. The molecular weight excluding hydrogens is 432 g/mol. The lowest BCUT2D eigenvalue weighted by atomic mass is 9.68. The number of benzene rings is 2. The van der Waals surface area contributed by atoms with Crippen LogP contribution in [0.2, 0.25) is 0 Å². The minimum atomic E-state index is -0.833. The van der Waals surface area contributed by atoms with Crippen molar-refractivity contribution in [3.05, 3.63) is 59.7 Å². The number of ether oxygens (including phenoxy) is 1. The van der Waals surface area contributed by atoms with Gasteiger partial charge in [0.05, 0.1) is 5.41 Å². The molecule has 178 valence electrons. The molecule has 7 nitrogen and oxygen atoms in total. The molecule has 2 aromatic carbocycles. The van der Waals surface area contributed by atoms with Crippen LogP contribution in [0.15, 0.2) is 48.5 Å². The van der Waals surface area contributed by atoms with Crippen LogP contribution >= 0.6 is 0 Å². The van der Waals surface area contributed by atoms with Gasteiger partial charge in [-0.05, 0) is 54.4 Å². The van der Waals surface area contributed by atoms with E-state index >= 15 is 0 Å². The van der Waals surface area contributed by atoms with Crippen molar-refractivity contribution >= 4 is 18.0 Å². The maximum atomic E-state index is 12.6. The molecule has 2 atom stereocenters. The summed E-state index contributed by atoms with van der Waals surface area (Å²) < 4.78 is 5.62. The van der Waals surface area contributed by atoms with Crippen LogP contribution in [-0.2, 0) is 14.3 Å². The first-order valence-corrected chi connectivity index (χ1v) is 12.1. The molecule has 0 aliphatic heterocycles. The maximum Gasteiger partial charge on any atom is 0.407 e. The highest BCUT2D eigenvalue weighted by Crippen LogP contribution is 2.44. The smallest absolute Gasteiger partial charge is 0.407 e. The number of carbonyl (C=O) groups is 3. The van der Waals surface area contributed by atoms with Gasteiger partial charge < -0.3 is 20.5 Å². The number of fused-ring (bicyclic) bond motifs is 3. The Hall–Kier alpha value is -3.35. The molecule has 0 saturated heterocycles. The van der Waals surface area contributed by atoms with Gasteiger partial charge in [0, 0.05) is 24.4 Å². The third-order valence-electron chi connectivity index (χ3n) is 7.83. The molecule has 34 heavy (non-hydrogen) atoms. The Bertz CT molecular complexity index is 1060. The first-order chi connectivity index (χ1) is 16.5. The quantitative estimate of drug-likeness (QED) is 0.576. The van der Waals surface area contributed by atoms with E-state index in [9.17, 15) is 19.5 Å². The topological polar surface area (TPSA) is 105 Å². The highest BCUT2D eigenvalue weighted by atomic mass is 16.5. The number of rotatable bonds is 7. The Labute approximate surface area is 198 Å². The summed E-state index contributed by atoms with van der Waals surface area (Å²) in [6.45, 7) is 0.440. The highest BCUT2D eigenvalue weighted by Gasteiger charge is 2.45. The zero-order valence-corrected chi connectivity index (χ0v) is 19.1. The normalized spacial score (nSPS) is 22.2. The summed E-state index contributed by atoms with van der Waals surface area (Å²) in [6.07, 6.45) is 3.55. The van der Waals surface area contributed by atoms with Crippen LogP contribution in [0.3, 0.4) is 0 Å². The molecule has 7 heteroatoms. The molecular formula is C27H30N2O5. The molecule has 5 rings (SSSR count). The fourth-order valence-electron chi connectivity index (χ4n) is 5.63. The monoisotopic (exact) mass is 462 g/mol. The second-order valence-electron chi connectivity index (χ2n) is 9.83. The Morgan fingerprint density at radius 3 is 2.21 bits per heavy atom. The zero-order valence-electron chi connectivity index (χ0n) is 19.1. The minimum absolute atomic E-state index is 0.00770. The number of amides is 2. The van der Waals surface area contributed by atoms with Gasteiger partial charge in [0.1, 0.15) is 6.61 Å². The van der Waals surface area contributed by atoms with Crippen molar-refractivity contribution in [1.29, 1.82) is 0 Å². The number of nitrogens with one attached hydrogen (secondary N) is 2. The molecule has 3 aliphatic carbocycles. The first kappa shape index (κ1) is 22.4. The summed E-state index contributed by atoms with van der Waals surface area (Å²) >= 11 is 0. The van der Waals surface area contributed by atoms with Crippen LogP contribution in [0, 0.1) is 11.3 Å². The fraction of sp³-hybridized carbons (Fsp3) is 0.444. The Morgan fingerprint density at radius 2 is 1.62 bits per heavy atom. The van der Waals surface area contributed by atoms with Crippen molar-refractivity contribution in [2.45, 2.75) is 50.5 Å². The van der Waals surface area contributed by atoms with E-state index in [4.69, 9.17) is 4.74 Å². The maximum absolute atomic E-state index is 12.6. The summed E-state index contributed by atoms with van der Waals surface area (Å²) in [4.78, 5) is 36.6. The lowest BCUT2D eigenvalue weighted by Crippen LogP contribution is -2.48. The average Bonchev–Trinajstić information content (AvgIpc) is 3.39. The van der Waals surface area contributed by atoms with E-state index < -0.39 is 17.5 Å². The van der Waals surface area contributed by atoms with Crippen molar-refractivity contribution in [3.63, 3.8) is 0 Å². The minimum Gasteiger partial charge on any atom is -0.481 e. The highest BCUT2D eigenvalue weighted by molar-refractivity contribution is 5.82. The molecule has 2 aromatic rings. The van der Waals surface area contributed by atoms with Crippen LogP contribution in [-0.4, -0.2) is 42.3 Å². The van der Waals surface area contributed by atoms with Crippen molar-refractivity contribution in [2.75, 3.05) is 13.2 Å². The molecule has 0 radical (unpaired) electrons. The fourth-order valence-corrected chi connectivity index (χ4v) is 5.63. The van der Waals surface area contributed by atoms with Crippen molar-refractivity contribution in [2.24, 2.45) is 11.3 Å². The van der Waals surface area contributed by atoms with Gasteiger partial charge in [0.25, 0.3) is 0 Å². The van der Waals surface area contributed by atoms with E-state index in [1.807, 2.05) is 24.3 Å². The number of hydrogen-bond acceptors (Lipinski definition) is 4. The van der Waals surface area contributed by atoms with E-state index in [1.54, 1.807) is 0 Å². The molecule has 2 fully saturated rings. The van der Waals surface area contributed by atoms with Crippen LogP contribution in [0.4, 0.5) is 4.79 Å². The van der Waals surface area contributed by atoms with Gasteiger partial charge in [-0.2, -0.15) is 0 Å². The average molecular weight is 463 g/mol. The lowest BCUT2D eigenvalue weighted by molar-refractivity contribution is -0.154. The summed E-state index contributed by atoms with van der Waals surface area (Å²) in [7, 11) is 0. The van der Waals surface area contributed by atoms with Crippen LogP contribution < -0.4 is 10.6 Å². The summed E-state index contributed by atoms with van der Waals surface area (Å²) in [5, 5.41) is 15.2. The second-order valence-corrected chi connectivity index (χ2v) is 9.83. The second kappa shape index (κ2) is 9.12. The van der Waals surface area contributed by atoms with Crippen molar-refractivity contribution in [3.8, 4) is 11.1 Å². The van der Waals surface area contributed by atoms with E-state index in [-0.39, 0.29) is 36.9 Å². The van der Waals surface area contributed by atoms with Gasteiger partial charge in [-0.3, -0.25) is 9.59 Å². The Morgan fingerprint density at radius 1 is 0.971 bits per heavy atom. The molecule has 0 bridgehead atoms. The number of carboxylic acid groups (broad SMARTS) is 1. The molecule has 0 unspecified atom stereocenters. The summed E-state index contributed by atoms with van der Waals surface area (Å²) in [5.74, 6) is -1.16. The largest absolute Gasteiger partial charge is 0.481 e. The van der Waals surface area contributed by atoms with Gasteiger partial charge in [0.15, 0.2) is 0 Å². The molecule has 3 N–H and O–H groups in total. The lowest BCUT2D eigenvalue weighted by Gasteiger charge is -2.37. The van der Waals surface area contributed by atoms with Crippen LogP contribution in [0.25, 0.3) is 11.1 Å². The molecule has 2 saturated carbocycles.